The second-order valence-electron chi connectivity index (χ2n) is 6.83. The molecule has 0 saturated heterocycles. The standard InChI is InChI=1S/C10H24N.C4H11N.C2H5.2CH3.Y/c1-6-8-10(7-2)9-11(3,4)5;1-5(2,3)4;1-2;;;/h10H,6-9H2,1-5H3;1H2,2-4H3;1H2,2H3;2*1H3;/q+1;;3*-1;. The minimum absolute atomic E-state index is 0. The minimum Gasteiger partial charge on any atom is -0.464 e. The van der Waals surface area contributed by atoms with Gasteiger partial charge < -0.3 is 30.7 Å². The molecule has 133 valence electrons. The van der Waals surface area contributed by atoms with E-state index in [1.165, 1.54) is 25.8 Å². The van der Waals surface area contributed by atoms with Crippen LogP contribution in [0.15, 0.2) is 0 Å². The molecule has 0 aromatic rings. The Balaban J connectivity index is -0.0000000488. The zero-order chi connectivity index (χ0) is 15.4. The van der Waals surface area contributed by atoms with Gasteiger partial charge in [-0.15, -0.1) is 7.05 Å². The molecule has 0 aromatic heterocycles. The van der Waals surface area contributed by atoms with E-state index in [9.17, 15) is 0 Å². The summed E-state index contributed by atoms with van der Waals surface area (Å²) < 4.78 is 1.86. The second-order valence-corrected chi connectivity index (χ2v) is 6.83. The fourth-order valence-electron chi connectivity index (χ4n) is 1.61. The van der Waals surface area contributed by atoms with Gasteiger partial charge in [0.2, 0.25) is 0 Å². The van der Waals surface area contributed by atoms with E-state index in [2.05, 4.69) is 49.0 Å². The Kier molecular flexibility index (Phi) is 38.0. The number of hydrogen-bond acceptors (Lipinski definition) is 0. The van der Waals surface area contributed by atoms with E-state index < -0.39 is 0 Å². The number of nitrogens with zero attached hydrogens (tertiary/aromatic N) is 2. The van der Waals surface area contributed by atoms with E-state index in [-0.39, 0.29) is 47.6 Å². The van der Waals surface area contributed by atoms with Gasteiger partial charge in [0.1, 0.15) is 0 Å². The fourth-order valence-corrected chi connectivity index (χ4v) is 1.61. The molecule has 1 atom stereocenters. The van der Waals surface area contributed by atoms with Gasteiger partial charge in [-0.05, 0) is 12.8 Å². The number of hydrogen-bond donors (Lipinski definition) is 0. The molecule has 0 bridgehead atoms. The predicted molar refractivity (Wildman–Crippen MR) is 98.8 cm³/mol. The molecule has 0 aromatic carbocycles. The quantitative estimate of drug-likeness (QED) is 0.478. The van der Waals surface area contributed by atoms with Crippen LogP contribution in [0, 0.1) is 34.7 Å². The third kappa shape index (κ3) is 62.6. The molecular formula is C18H46N2Y-2. The average Bonchev–Trinajstić information content (AvgIpc) is 2.15. The molecule has 0 N–H and O–H groups in total. The van der Waals surface area contributed by atoms with Crippen LogP contribution in [0.1, 0.15) is 40.0 Å². The van der Waals surface area contributed by atoms with Crippen molar-refractivity contribution in [2.75, 3.05) is 48.8 Å². The van der Waals surface area contributed by atoms with Crippen LogP contribution in [0.4, 0.5) is 0 Å². The van der Waals surface area contributed by atoms with Crippen LogP contribution >= 0.6 is 0 Å². The SMILES string of the molecule is CCCC(CC)C[N+](C)(C)C.[CH2-]C.[CH2-][N+](C)(C)C.[CH3-].[CH3-].[Y]. The Morgan fingerprint density at radius 2 is 1.14 bits per heavy atom. The molecule has 0 rings (SSSR count). The third-order valence-corrected chi connectivity index (χ3v) is 2.08. The first-order valence-electron chi connectivity index (χ1n) is 7.16. The van der Waals surface area contributed by atoms with Crippen molar-refractivity contribution in [2.45, 2.75) is 40.0 Å². The van der Waals surface area contributed by atoms with Crippen LogP contribution in [-0.2, 0) is 32.7 Å². The van der Waals surface area contributed by atoms with E-state index in [0.29, 0.717) is 0 Å². The van der Waals surface area contributed by atoms with Gasteiger partial charge in [0.05, 0.1) is 27.7 Å². The molecule has 0 amide bonds. The topological polar surface area (TPSA) is 0 Å². The van der Waals surface area contributed by atoms with E-state index in [4.69, 9.17) is 0 Å². The average molecular weight is 379 g/mol. The predicted octanol–water partition coefficient (Wildman–Crippen LogP) is 4.74. The number of rotatable bonds is 5. The third-order valence-electron chi connectivity index (χ3n) is 2.08. The van der Waals surface area contributed by atoms with Crippen molar-refractivity contribution in [2.24, 2.45) is 5.92 Å². The number of quaternary nitrogens is 2. The maximum Gasteiger partial charge on any atom is 0.0808 e. The summed E-state index contributed by atoms with van der Waals surface area (Å²) in [6.07, 6.45) is 4.06. The maximum atomic E-state index is 3.71. The molecule has 1 unspecified atom stereocenters. The fraction of sp³-hybridized carbons (Fsp3) is 0.778. The minimum atomic E-state index is 0. The Morgan fingerprint density at radius 1 is 0.857 bits per heavy atom. The molecule has 0 fully saturated rings. The molecule has 0 spiro atoms. The Labute approximate surface area is 164 Å². The van der Waals surface area contributed by atoms with Crippen molar-refractivity contribution < 1.29 is 41.7 Å². The van der Waals surface area contributed by atoms with Crippen molar-refractivity contribution in [3.05, 3.63) is 28.8 Å². The Morgan fingerprint density at radius 3 is 1.29 bits per heavy atom. The zero-order valence-electron chi connectivity index (χ0n) is 17.3. The van der Waals surface area contributed by atoms with Gasteiger partial charge in [0.15, 0.2) is 0 Å². The van der Waals surface area contributed by atoms with Crippen molar-refractivity contribution in [3.63, 3.8) is 0 Å². The monoisotopic (exact) mass is 379 g/mol. The van der Waals surface area contributed by atoms with Crippen molar-refractivity contribution in [1.29, 1.82) is 0 Å². The van der Waals surface area contributed by atoms with Gasteiger partial charge in [-0.1, -0.05) is 20.3 Å². The molecule has 2 nitrogen and oxygen atoms in total. The molecular weight excluding hydrogens is 333 g/mol. The van der Waals surface area contributed by atoms with Crippen LogP contribution < -0.4 is 0 Å². The van der Waals surface area contributed by atoms with Crippen molar-refractivity contribution in [1.82, 2.24) is 0 Å². The second kappa shape index (κ2) is 21.0. The molecule has 0 saturated carbocycles. The summed E-state index contributed by atoms with van der Waals surface area (Å²) in [4.78, 5) is 0. The van der Waals surface area contributed by atoms with Crippen molar-refractivity contribution in [3.8, 4) is 0 Å². The summed E-state index contributed by atoms with van der Waals surface area (Å²) >= 11 is 0. The first-order valence-corrected chi connectivity index (χ1v) is 7.16. The van der Waals surface area contributed by atoms with Gasteiger partial charge >= 0.3 is 0 Å². The van der Waals surface area contributed by atoms with E-state index in [1.54, 1.807) is 6.92 Å². The van der Waals surface area contributed by atoms with Gasteiger partial charge in [-0.2, -0.15) is 6.92 Å². The van der Waals surface area contributed by atoms with Crippen molar-refractivity contribution >= 4 is 0 Å². The molecule has 0 aliphatic carbocycles. The van der Waals surface area contributed by atoms with E-state index >= 15 is 0 Å². The summed E-state index contributed by atoms with van der Waals surface area (Å²) in [7, 11) is 16.6. The van der Waals surface area contributed by atoms with Crippen LogP contribution in [-0.4, -0.2) is 57.8 Å². The van der Waals surface area contributed by atoms with Crippen LogP contribution in [0.25, 0.3) is 0 Å². The zero-order valence-corrected chi connectivity index (χ0v) is 20.1. The van der Waals surface area contributed by atoms with Crippen LogP contribution in [0.2, 0.25) is 0 Å². The molecule has 1 radical (unpaired) electrons. The van der Waals surface area contributed by atoms with E-state index in [0.717, 1.165) is 14.9 Å². The van der Waals surface area contributed by atoms with Crippen LogP contribution in [0.5, 0.6) is 0 Å². The summed E-state index contributed by atoms with van der Waals surface area (Å²) in [5.41, 5.74) is 0. The van der Waals surface area contributed by atoms with Gasteiger partial charge in [-0.25, -0.2) is 0 Å². The summed E-state index contributed by atoms with van der Waals surface area (Å²) in [5, 5.41) is 0. The van der Waals surface area contributed by atoms with Gasteiger partial charge in [0, 0.05) is 59.8 Å². The summed E-state index contributed by atoms with van der Waals surface area (Å²) in [5.74, 6) is 0.931. The summed E-state index contributed by atoms with van der Waals surface area (Å²) in [6, 6.07) is 0. The first-order chi connectivity index (χ1) is 7.99. The Hall–Kier alpha value is 1.02. The molecule has 0 heterocycles. The van der Waals surface area contributed by atoms with E-state index in [1.807, 2.05) is 21.1 Å². The molecule has 0 aliphatic rings. The smallest absolute Gasteiger partial charge is 0.0808 e. The molecule has 3 heteroatoms. The molecule has 21 heavy (non-hydrogen) atoms. The largest absolute Gasteiger partial charge is 0.464 e. The summed E-state index contributed by atoms with van der Waals surface area (Å²) in [6.45, 7) is 10.9. The van der Waals surface area contributed by atoms with Crippen LogP contribution in [0.3, 0.4) is 0 Å². The maximum absolute atomic E-state index is 3.71. The van der Waals surface area contributed by atoms with Gasteiger partial charge in [-0.3, -0.25) is 0 Å². The van der Waals surface area contributed by atoms with Gasteiger partial charge in [0.25, 0.3) is 0 Å². The normalized spacial score (nSPS) is 11.0. The first kappa shape index (κ1) is 37.9. The Bertz CT molecular complexity index is 152. The molecule has 0 aliphatic heterocycles.